The molecule has 0 aliphatic heterocycles. The predicted octanol–water partition coefficient (Wildman–Crippen LogP) is 2.26. The van der Waals surface area contributed by atoms with Crippen molar-refractivity contribution in [3.05, 3.63) is 11.4 Å². The maximum Gasteiger partial charge on any atom is 0.115 e. The van der Waals surface area contributed by atoms with Gasteiger partial charge in [-0.25, -0.2) is 9.59 Å². The zero-order valence-electron chi connectivity index (χ0n) is 9.39. The highest BCUT2D eigenvalue weighted by atomic mass is 28.3. The summed E-state index contributed by atoms with van der Waals surface area (Å²) < 4.78 is 0. The molecule has 0 rings (SSSR count). The van der Waals surface area contributed by atoms with E-state index in [0.717, 1.165) is 12.1 Å². The van der Waals surface area contributed by atoms with Crippen molar-refractivity contribution in [2.24, 2.45) is 0 Å². The van der Waals surface area contributed by atoms with Crippen LogP contribution in [0, 0.1) is 0 Å². The van der Waals surface area contributed by atoms with Crippen LogP contribution >= 0.6 is 0 Å². The van der Waals surface area contributed by atoms with Crippen molar-refractivity contribution >= 4 is 28.0 Å². The van der Waals surface area contributed by atoms with Crippen molar-refractivity contribution < 1.29 is 9.59 Å². The van der Waals surface area contributed by atoms with Crippen LogP contribution in [0.3, 0.4) is 0 Å². The molecule has 0 spiro atoms. The van der Waals surface area contributed by atoms with E-state index in [9.17, 15) is 9.59 Å². The highest BCUT2D eigenvalue weighted by Crippen LogP contribution is 2.20. The van der Waals surface area contributed by atoms with E-state index < -0.39 is 16.1 Å². The van der Waals surface area contributed by atoms with E-state index in [1.807, 2.05) is 11.9 Å². The van der Waals surface area contributed by atoms with Crippen LogP contribution in [-0.4, -0.2) is 28.0 Å². The summed E-state index contributed by atoms with van der Waals surface area (Å²) in [6.45, 7) is 8.58. The van der Waals surface area contributed by atoms with Gasteiger partial charge in [0.15, 0.2) is 0 Å². The van der Waals surface area contributed by atoms with Crippen molar-refractivity contribution in [1.29, 1.82) is 0 Å². The van der Waals surface area contributed by atoms with Crippen molar-refractivity contribution in [3.8, 4) is 0 Å². The fourth-order valence-electron chi connectivity index (χ4n) is 1.11. The zero-order chi connectivity index (χ0) is 11.2. The molecule has 0 heterocycles. The molecule has 0 aromatic rings. The minimum atomic E-state index is -1.51. The van der Waals surface area contributed by atoms with Gasteiger partial charge >= 0.3 is 0 Å². The Bertz CT molecular complexity index is 252. The quantitative estimate of drug-likeness (QED) is 0.532. The molecule has 0 saturated heterocycles. The molecule has 0 aliphatic rings. The topological polar surface area (TPSA) is 34.1 Å². The average molecular weight is 226 g/mol. The van der Waals surface area contributed by atoms with Crippen molar-refractivity contribution in [1.82, 2.24) is 0 Å². The lowest BCUT2D eigenvalue weighted by Crippen LogP contribution is -2.30. The Morgan fingerprint density at radius 1 is 0.857 bits per heavy atom. The van der Waals surface area contributed by atoms with Crippen molar-refractivity contribution in [2.45, 2.75) is 38.3 Å². The molecule has 0 N–H and O–H groups in total. The van der Waals surface area contributed by atoms with Gasteiger partial charge in [0.1, 0.15) is 11.9 Å². The van der Waals surface area contributed by atoms with Crippen LogP contribution in [0.5, 0.6) is 0 Å². The molecule has 0 radical (unpaired) electrons. The Hall–Kier alpha value is -0.666. The van der Waals surface area contributed by atoms with Crippen LogP contribution in [-0.2, 0) is 9.59 Å². The first-order valence-corrected chi connectivity index (χ1v) is 11.3. The van der Waals surface area contributed by atoms with Gasteiger partial charge in [-0.05, 0) is 11.4 Å². The lowest BCUT2D eigenvalue weighted by molar-refractivity contribution is 0.568. The maximum atomic E-state index is 10.3. The predicted molar refractivity (Wildman–Crippen MR) is 65.1 cm³/mol. The minimum absolute atomic E-state index is 1.06. The first-order chi connectivity index (χ1) is 6.33. The van der Waals surface area contributed by atoms with E-state index in [1.54, 1.807) is 11.4 Å². The molecule has 0 aromatic carbocycles. The smallest absolute Gasteiger partial charge is 0.115 e. The van der Waals surface area contributed by atoms with Crippen LogP contribution in [0.25, 0.3) is 0 Å². The lowest BCUT2D eigenvalue weighted by atomic mass is 10.9. The third kappa shape index (κ3) is 5.89. The lowest BCUT2D eigenvalue weighted by Gasteiger charge is -2.21. The van der Waals surface area contributed by atoms with Crippen molar-refractivity contribution in [2.75, 3.05) is 0 Å². The summed E-state index contributed by atoms with van der Waals surface area (Å²) >= 11 is 0. The molecule has 0 bridgehead atoms. The van der Waals surface area contributed by atoms with Gasteiger partial charge in [-0.3, -0.25) is 0 Å². The van der Waals surface area contributed by atoms with Crippen molar-refractivity contribution in [3.63, 3.8) is 0 Å². The molecule has 0 aromatic heterocycles. The molecule has 0 unspecified atom stereocenters. The Morgan fingerprint density at radius 3 is 1.36 bits per heavy atom. The largest absolute Gasteiger partial charge is 0.234 e. The summed E-state index contributed by atoms with van der Waals surface area (Å²) in [6.07, 6.45) is 0. The highest BCUT2D eigenvalue weighted by Gasteiger charge is 2.24. The minimum Gasteiger partial charge on any atom is -0.234 e. The third-order valence-corrected chi connectivity index (χ3v) is 7.69. The second kappa shape index (κ2) is 5.27. The molecule has 0 aliphatic carbocycles. The Balaban J connectivity index is 4.30. The molecule has 78 valence electrons. The zero-order valence-corrected chi connectivity index (χ0v) is 11.4. The number of carbonyl (C=O) groups excluding carboxylic acids is 2. The molecule has 4 heteroatoms. The second-order valence-electron chi connectivity index (χ2n) is 5.00. The molecular weight excluding hydrogens is 208 g/mol. The summed E-state index contributed by atoms with van der Waals surface area (Å²) in [5, 5.41) is 0. The molecular formula is C10H18O2Si2. The Kier molecular flexibility index (Phi) is 5.02. The van der Waals surface area contributed by atoms with E-state index in [1.165, 1.54) is 0 Å². The van der Waals surface area contributed by atoms with Gasteiger partial charge < -0.3 is 0 Å². The van der Waals surface area contributed by atoms with Crippen LogP contribution in [0.4, 0.5) is 0 Å². The molecule has 0 fully saturated rings. The number of rotatable bonds is 5. The molecule has 2 nitrogen and oxygen atoms in total. The standard InChI is InChI=1S/C10H18O2Si2/c1-13(2,7-5-11)9-10-14(3,4)8-6-12/h7-8H,9-10H2,1-4H3. The van der Waals surface area contributed by atoms with Gasteiger partial charge in [0, 0.05) is 0 Å². The molecule has 0 atom stereocenters. The second-order valence-corrected chi connectivity index (χ2v) is 14.5. The molecule has 0 amide bonds. The molecule has 14 heavy (non-hydrogen) atoms. The van der Waals surface area contributed by atoms with E-state index in [-0.39, 0.29) is 0 Å². The van der Waals surface area contributed by atoms with Crippen LogP contribution in [0.1, 0.15) is 0 Å². The normalized spacial score (nSPS) is 11.4. The number of hydrogen-bond donors (Lipinski definition) is 0. The first-order valence-electron chi connectivity index (χ1n) is 4.77. The van der Waals surface area contributed by atoms with Crippen LogP contribution in [0.15, 0.2) is 11.4 Å². The van der Waals surface area contributed by atoms with Gasteiger partial charge in [-0.2, -0.15) is 0 Å². The average Bonchev–Trinajstić information content (AvgIpc) is 2.01. The van der Waals surface area contributed by atoms with Gasteiger partial charge in [-0.1, -0.05) is 38.3 Å². The summed E-state index contributed by atoms with van der Waals surface area (Å²) in [5.74, 6) is 3.78. The number of hydrogen-bond acceptors (Lipinski definition) is 2. The summed E-state index contributed by atoms with van der Waals surface area (Å²) in [6, 6.07) is 2.11. The fraction of sp³-hybridized carbons (Fsp3) is 0.600. The highest BCUT2D eigenvalue weighted by molar-refractivity contribution is 6.88. The monoisotopic (exact) mass is 226 g/mol. The van der Waals surface area contributed by atoms with E-state index in [0.29, 0.717) is 0 Å². The SMILES string of the molecule is C[Si](C)(C=C=O)CC[Si](C)(C)C=C=O. The van der Waals surface area contributed by atoms with E-state index >= 15 is 0 Å². The summed E-state index contributed by atoms with van der Waals surface area (Å²) in [4.78, 5) is 20.5. The molecule has 0 saturated carbocycles. The van der Waals surface area contributed by atoms with Gasteiger partial charge in [0.25, 0.3) is 0 Å². The Morgan fingerprint density at radius 2 is 1.14 bits per heavy atom. The van der Waals surface area contributed by atoms with Gasteiger partial charge in [0.05, 0.1) is 16.1 Å². The first kappa shape index (κ1) is 13.3. The fourth-order valence-corrected chi connectivity index (χ4v) is 7.19. The summed E-state index contributed by atoms with van der Waals surface area (Å²) in [7, 11) is -3.01. The van der Waals surface area contributed by atoms with E-state index in [4.69, 9.17) is 0 Å². The Labute approximate surface area is 87.7 Å². The van der Waals surface area contributed by atoms with E-state index in [2.05, 4.69) is 26.2 Å². The van der Waals surface area contributed by atoms with Gasteiger partial charge in [0.2, 0.25) is 0 Å². The third-order valence-electron chi connectivity index (χ3n) is 2.31. The van der Waals surface area contributed by atoms with Crippen LogP contribution < -0.4 is 0 Å². The summed E-state index contributed by atoms with van der Waals surface area (Å²) in [5.41, 5.74) is 3.39. The van der Waals surface area contributed by atoms with Crippen LogP contribution in [0.2, 0.25) is 38.3 Å². The maximum absolute atomic E-state index is 10.3. The van der Waals surface area contributed by atoms with Gasteiger partial charge in [-0.15, -0.1) is 0 Å².